The van der Waals surface area contributed by atoms with Gasteiger partial charge in [0.15, 0.2) is 0 Å². The second-order valence-corrected chi connectivity index (χ2v) is 6.63. The Balaban J connectivity index is 2.31. The molecular weight excluding hydrogens is 440 g/mol. The normalized spacial score (nSPS) is 12.5. The molecule has 2 amide bonds. The molecule has 1 atom stereocenters. The Bertz CT molecular complexity index is 1040. The Morgan fingerprint density at radius 2 is 1.38 bits per heavy atom. The highest BCUT2D eigenvalue weighted by molar-refractivity contribution is 6.05. The van der Waals surface area contributed by atoms with E-state index in [-0.39, 0.29) is 18.2 Å². The van der Waals surface area contributed by atoms with E-state index >= 15 is 0 Å². The number of amides is 2. The summed E-state index contributed by atoms with van der Waals surface area (Å²) >= 11 is 0. The largest absolute Gasteiger partial charge is 0.416 e. The molecule has 11 heteroatoms. The molecule has 0 aromatic heterocycles. The number of nitrogens with zero attached hydrogens (tertiary/aromatic N) is 2. The zero-order valence-electron chi connectivity index (χ0n) is 16.0. The zero-order chi connectivity index (χ0) is 24.1. The highest BCUT2D eigenvalue weighted by atomic mass is 19.4. The van der Waals surface area contributed by atoms with Crippen LogP contribution in [0.2, 0.25) is 0 Å². The van der Waals surface area contributed by atoms with Crippen LogP contribution in [-0.4, -0.2) is 11.8 Å². The zero-order valence-corrected chi connectivity index (χ0v) is 16.0. The summed E-state index contributed by atoms with van der Waals surface area (Å²) in [5, 5.41) is 20.0. The van der Waals surface area contributed by atoms with Crippen LogP contribution in [-0.2, 0) is 17.1 Å². The van der Waals surface area contributed by atoms with Gasteiger partial charge in [0.2, 0.25) is 5.91 Å². The van der Waals surface area contributed by atoms with E-state index in [1.54, 1.807) is 35.7 Å². The van der Waals surface area contributed by atoms with Gasteiger partial charge in [-0.25, -0.2) is 0 Å². The maximum absolute atomic E-state index is 13.0. The number of nitrogens with one attached hydrogen (secondary N) is 1. The number of carbonyl (C=O) groups is 2. The lowest BCUT2D eigenvalue weighted by Gasteiger charge is -2.18. The summed E-state index contributed by atoms with van der Waals surface area (Å²) in [6.07, 6.45) is -10.9. The van der Waals surface area contributed by atoms with Crippen molar-refractivity contribution in [1.82, 2.24) is 5.32 Å². The molecule has 2 rings (SSSR count). The first-order valence-corrected chi connectivity index (χ1v) is 8.84. The molecule has 32 heavy (non-hydrogen) atoms. The quantitative estimate of drug-likeness (QED) is 0.657. The fourth-order valence-corrected chi connectivity index (χ4v) is 2.87. The van der Waals surface area contributed by atoms with Crippen LogP contribution in [0.1, 0.15) is 39.4 Å². The molecule has 0 aliphatic heterocycles. The summed E-state index contributed by atoms with van der Waals surface area (Å²) in [7, 11) is 0. The van der Waals surface area contributed by atoms with Crippen LogP contribution in [0.25, 0.3) is 0 Å². The van der Waals surface area contributed by atoms with E-state index in [0.29, 0.717) is 5.56 Å². The third kappa shape index (κ3) is 6.08. The van der Waals surface area contributed by atoms with Crippen LogP contribution >= 0.6 is 0 Å². The van der Waals surface area contributed by atoms with Gasteiger partial charge in [-0.15, -0.1) is 0 Å². The number of carbonyl (C=O) groups excluding carboxylic acids is 2. The number of alkyl halides is 6. The number of hydrogen-bond donors (Lipinski definition) is 1. The Kier molecular flexibility index (Phi) is 7.26. The molecule has 0 saturated heterocycles. The SMILES string of the molecule is N#CC(C#N)[C@H](CC(=O)NC(=O)c1cc(C(F)(F)F)cc(C(F)(F)F)c1)c1ccccc1. The molecule has 0 spiro atoms. The van der Waals surface area contributed by atoms with E-state index in [0.717, 1.165) is 0 Å². The number of benzene rings is 2. The molecule has 2 aromatic carbocycles. The number of rotatable bonds is 5. The number of nitriles is 2. The van der Waals surface area contributed by atoms with Gasteiger partial charge in [-0.05, 0) is 23.8 Å². The van der Waals surface area contributed by atoms with Gasteiger partial charge in [0, 0.05) is 17.9 Å². The molecule has 166 valence electrons. The van der Waals surface area contributed by atoms with Gasteiger partial charge in [0.1, 0.15) is 5.92 Å². The van der Waals surface area contributed by atoms with Crippen molar-refractivity contribution >= 4 is 11.8 Å². The summed E-state index contributed by atoms with van der Waals surface area (Å²) in [5.74, 6) is -4.83. The van der Waals surface area contributed by atoms with Gasteiger partial charge in [0.25, 0.3) is 5.91 Å². The maximum atomic E-state index is 13.0. The fourth-order valence-electron chi connectivity index (χ4n) is 2.87. The monoisotopic (exact) mass is 453 g/mol. The minimum Gasteiger partial charge on any atom is -0.292 e. The smallest absolute Gasteiger partial charge is 0.292 e. The second kappa shape index (κ2) is 9.52. The highest BCUT2D eigenvalue weighted by Crippen LogP contribution is 2.36. The molecule has 0 fully saturated rings. The minimum absolute atomic E-state index is 0.144. The Labute approximate surface area is 177 Å². The minimum atomic E-state index is -5.16. The summed E-state index contributed by atoms with van der Waals surface area (Å²) in [5.41, 5.74) is -4.02. The van der Waals surface area contributed by atoms with Crippen molar-refractivity contribution in [2.45, 2.75) is 24.7 Å². The van der Waals surface area contributed by atoms with Crippen molar-refractivity contribution in [2.24, 2.45) is 5.92 Å². The number of imide groups is 1. The lowest BCUT2D eigenvalue weighted by molar-refractivity contribution is -0.143. The van der Waals surface area contributed by atoms with Crippen molar-refractivity contribution in [3.63, 3.8) is 0 Å². The van der Waals surface area contributed by atoms with E-state index in [9.17, 15) is 35.9 Å². The fraction of sp³-hybridized carbons (Fsp3) is 0.238. The molecule has 0 aliphatic rings. The predicted molar refractivity (Wildman–Crippen MR) is 97.4 cm³/mol. The van der Waals surface area contributed by atoms with Crippen molar-refractivity contribution in [2.75, 3.05) is 0 Å². The lowest BCUT2D eigenvalue weighted by atomic mass is 9.85. The summed E-state index contributed by atoms with van der Waals surface area (Å²) in [6.45, 7) is 0. The molecule has 5 nitrogen and oxygen atoms in total. The average molecular weight is 453 g/mol. The molecular formula is C21H13F6N3O2. The van der Waals surface area contributed by atoms with Crippen LogP contribution in [0.15, 0.2) is 48.5 Å². The first-order valence-electron chi connectivity index (χ1n) is 8.84. The summed E-state index contributed by atoms with van der Waals surface area (Å²) < 4.78 is 77.8. The average Bonchev–Trinajstić information content (AvgIpc) is 2.72. The maximum Gasteiger partial charge on any atom is 0.416 e. The molecule has 0 saturated carbocycles. The molecule has 0 heterocycles. The van der Waals surface area contributed by atoms with Gasteiger partial charge >= 0.3 is 12.4 Å². The van der Waals surface area contributed by atoms with Gasteiger partial charge in [-0.3, -0.25) is 14.9 Å². The molecule has 0 unspecified atom stereocenters. The van der Waals surface area contributed by atoms with Crippen molar-refractivity contribution in [3.05, 3.63) is 70.8 Å². The van der Waals surface area contributed by atoms with Crippen LogP contribution in [0.4, 0.5) is 26.3 Å². The molecule has 1 N–H and O–H groups in total. The van der Waals surface area contributed by atoms with E-state index < -0.39 is 59.1 Å². The Morgan fingerprint density at radius 1 is 0.875 bits per heavy atom. The molecule has 0 aliphatic carbocycles. The van der Waals surface area contributed by atoms with Gasteiger partial charge in [0.05, 0.1) is 23.3 Å². The van der Waals surface area contributed by atoms with E-state index in [1.807, 2.05) is 0 Å². The van der Waals surface area contributed by atoms with Gasteiger partial charge < -0.3 is 0 Å². The third-order valence-electron chi connectivity index (χ3n) is 4.42. The first-order chi connectivity index (χ1) is 14.9. The predicted octanol–water partition coefficient (Wildman–Crippen LogP) is 4.82. The van der Waals surface area contributed by atoms with Gasteiger partial charge in [-0.1, -0.05) is 30.3 Å². The summed E-state index contributed by atoms with van der Waals surface area (Å²) in [4.78, 5) is 24.6. The second-order valence-electron chi connectivity index (χ2n) is 6.63. The van der Waals surface area contributed by atoms with Crippen LogP contribution in [0.5, 0.6) is 0 Å². The molecule has 0 bridgehead atoms. The Morgan fingerprint density at radius 3 is 1.81 bits per heavy atom. The number of halogens is 6. The topological polar surface area (TPSA) is 93.8 Å². The summed E-state index contributed by atoms with van der Waals surface area (Å²) in [6, 6.07) is 11.5. The van der Waals surface area contributed by atoms with E-state index in [4.69, 9.17) is 10.5 Å². The van der Waals surface area contributed by atoms with Crippen LogP contribution in [0.3, 0.4) is 0 Å². The van der Waals surface area contributed by atoms with Crippen LogP contribution < -0.4 is 5.32 Å². The van der Waals surface area contributed by atoms with Gasteiger partial charge in [-0.2, -0.15) is 36.9 Å². The third-order valence-corrected chi connectivity index (χ3v) is 4.42. The molecule has 2 aromatic rings. The van der Waals surface area contributed by atoms with Crippen molar-refractivity contribution in [3.8, 4) is 12.1 Å². The lowest BCUT2D eigenvalue weighted by Crippen LogP contribution is -2.33. The van der Waals surface area contributed by atoms with Crippen LogP contribution in [0, 0.1) is 28.6 Å². The van der Waals surface area contributed by atoms with E-state index in [2.05, 4.69) is 0 Å². The first kappa shape index (κ1) is 24.4. The van der Waals surface area contributed by atoms with Crippen molar-refractivity contribution < 1.29 is 35.9 Å². The highest BCUT2D eigenvalue weighted by Gasteiger charge is 2.37. The number of hydrogen-bond acceptors (Lipinski definition) is 4. The Hall–Kier alpha value is -3.86. The van der Waals surface area contributed by atoms with Crippen molar-refractivity contribution in [1.29, 1.82) is 10.5 Å². The standard InChI is InChI=1S/C21H13F6N3O2/c22-20(23,24)15-6-13(7-16(8-15)21(25,26)27)19(32)30-18(31)9-17(14(10-28)11-29)12-4-2-1-3-5-12/h1-8,14,17H,9H2,(H,30,31,32)/t17-/m1/s1. The van der Waals surface area contributed by atoms with E-state index in [1.165, 1.54) is 12.1 Å². The molecule has 0 radical (unpaired) electrons.